The topological polar surface area (TPSA) is 71.3 Å². The van der Waals surface area contributed by atoms with Crippen LogP contribution in [0.2, 0.25) is 0 Å². The van der Waals surface area contributed by atoms with Crippen molar-refractivity contribution in [2.45, 2.75) is 39.7 Å². The number of hydrogen-bond donors (Lipinski definition) is 1. The van der Waals surface area contributed by atoms with Crippen LogP contribution in [0.15, 0.2) is 22.7 Å². The number of amides is 1. The Kier molecular flexibility index (Phi) is 6.55. The Hall–Kier alpha value is -2.02. The zero-order chi connectivity index (χ0) is 18.4. The Morgan fingerprint density at radius 1 is 1.35 bits per heavy atom. The molecule has 1 amide bonds. The largest absolute Gasteiger partial charge is 0.376 e. The van der Waals surface area contributed by atoms with Crippen molar-refractivity contribution >= 4 is 23.4 Å². The molecular formula is C19H26N4O2S. The molecule has 0 radical (unpaired) electrons. The molecule has 1 aromatic heterocycles. The highest BCUT2D eigenvalue weighted by molar-refractivity contribution is 7.99. The second-order valence-electron chi connectivity index (χ2n) is 6.44. The van der Waals surface area contributed by atoms with E-state index in [1.54, 1.807) is 0 Å². The number of anilines is 1. The lowest BCUT2D eigenvalue weighted by Crippen LogP contribution is -2.38. The number of aryl methyl sites for hydroxylation is 1. The van der Waals surface area contributed by atoms with Crippen molar-refractivity contribution in [1.82, 2.24) is 15.0 Å². The lowest BCUT2D eigenvalue weighted by Gasteiger charge is -2.27. The molecule has 1 aliphatic heterocycles. The fourth-order valence-electron chi connectivity index (χ4n) is 2.96. The van der Waals surface area contributed by atoms with Gasteiger partial charge in [0.1, 0.15) is 0 Å². The third-order valence-electron chi connectivity index (χ3n) is 4.56. The quantitative estimate of drug-likeness (QED) is 0.799. The summed E-state index contributed by atoms with van der Waals surface area (Å²) in [6.07, 6.45) is 3.01. The first-order valence-corrected chi connectivity index (χ1v) is 10.4. The smallest absolute Gasteiger partial charge is 0.254 e. The summed E-state index contributed by atoms with van der Waals surface area (Å²) in [6.45, 7) is 6.22. The number of nitrogens with one attached hydrogen (secondary N) is 1. The molecule has 0 unspecified atom stereocenters. The Labute approximate surface area is 158 Å². The highest BCUT2D eigenvalue weighted by Gasteiger charge is 2.20. The molecule has 1 N–H and O–H groups in total. The fraction of sp³-hybridized carbons (Fsp3) is 0.526. The van der Waals surface area contributed by atoms with E-state index in [1.165, 1.54) is 0 Å². The predicted octanol–water partition coefficient (Wildman–Crippen LogP) is 3.52. The van der Waals surface area contributed by atoms with Crippen LogP contribution in [0.25, 0.3) is 0 Å². The third-order valence-corrected chi connectivity index (χ3v) is 5.50. The van der Waals surface area contributed by atoms with Crippen molar-refractivity contribution in [2.24, 2.45) is 0 Å². The van der Waals surface area contributed by atoms with Gasteiger partial charge in [-0.2, -0.15) is 16.7 Å². The third kappa shape index (κ3) is 4.58. The van der Waals surface area contributed by atoms with Crippen molar-refractivity contribution in [3.63, 3.8) is 0 Å². The number of aromatic nitrogens is 2. The molecule has 0 aliphatic carbocycles. The van der Waals surface area contributed by atoms with Crippen molar-refractivity contribution < 1.29 is 9.32 Å². The molecule has 6 nitrogen and oxygen atoms in total. The monoisotopic (exact) mass is 374 g/mol. The number of rotatable bonds is 7. The lowest BCUT2D eigenvalue weighted by molar-refractivity contribution is 0.0771. The summed E-state index contributed by atoms with van der Waals surface area (Å²) < 4.78 is 5.30. The molecule has 1 fully saturated rings. The lowest BCUT2D eigenvalue weighted by atomic mass is 10.1. The van der Waals surface area contributed by atoms with Gasteiger partial charge in [0, 0.05) is 42.3 Å². The van der Waals surface area contributed by atoms with Gasteiger partial charge in [0.2, 0.25) is 5.89 Å². The fourth-order valence-corrected chi connectivity index (χ4v) is 3.87. The molecule has 7 heteroatoms. The van der Waals surface area contributed by atoms with Crippen LogP contribution in [0.5, 0.6) is 0 Å². The zero-order valence-electron chi connectivity index (χ0n) is 15.5. The van der Waals surface area contributed by atoms with Gasteiger partial charge in [-0.3, -0.25) is 4.79 Å². The Morgan fingerprint density at radius 2 is 2.15 bits per heavy atom. The van der Waals surface area contributed by atoms with Crippen LogP contribution in [0.1, 0.15) is 47.4 Å². The van der Waals surface area contributed by atoms with Gasteiger partial charge in [0.15, 0.2) is 5.82 Å². The van der Waals surface area contributed by atoms with E-state index in [9.17, 15) is 4.79 Å². The average Bonchev–Trinajstić information content (AvgIpc) is 3.13. The van der Waals surface area contributed by atoms with Crippen LogP contribution < -0.4 is 5.32 Å². The summed E-state index contributed by atoms with van der Waals surface area (Å²) in [6, 6.07) is 5.80. The number of hydrogen-bond acceptors (Lipinski definition) is 6. The van der Waals surface area contributed by atoms with Gasteiger partial charge in [0.05, 0.1) is 6.54 Å². The maximum Gasteiger partial charge on any atom is 0.254 e. The number of nitrogens with zero attached hydrogens (tertiary/aromatic N) is 3. The predicted molar refractivity (Wildman–Crippen MR) is 105 cm³/mol. The van der Waals surface area contributed by atoms with Gasteiger partial charge in [-0.25, -0.2) is 0 Å². The first-order valence-electron chi connectivity index (χ1n) is 9.21. The summed E-state index contributed by atoms with van der Waals surface area (Å²) in [5.41, 5.74) is 2.65. The van der Waals surface area contributed by atoms with E-state index in [0.717, 1.165) is 66.5 Å². The van der Waals surface area contributed by atoms with Gasteiger partial charge >= 0.3 is 0 Å². The van der Waals surface area contributed by atoms with Crippen LogP contribution in [0.3, 0.4) is 0 Å². The summed E-state index contributed by atoms with van der Waals surface area (Å²) in [7, 11) is 0. The van der Waals surface area contributed by atoms with Crippen LogP contribution >= 0.6 is 11.8 Å². The molecule has 0 bridgehead atoms. The van der Waals surface area contributed by atoms with Gasteiger partial charge in [-0.05, 0) is 31.0 Å². The zero-order valence-corrected chi connectivity index (χ0v) is 16.3. The van der Waals surface area contributed by atoms with Crippen LogP contribution in [-0.2, 0) is 13.0 Å². The SMILES string of the molecule is CCCCc1noc(CNc2cccc(C(=O)N3CCSCC3)c2C)n1. The van der Waals surface area contributed by atoms with E-state index in [1.807, 2.05) is 41.8 Å². The molecule has 2 aromatic rings. The molecular weight excluding hydrogens is 348 g/mol. The minimum absolute atomic E-state index is 0.117. The first kappa shape index (κ1) is 18.8. The summed E-state index contributed by atoms with van der Waals surface area (Å²) >= 11 is 1.90. The standard InChI is InChI=1S/C19H26N4O2S/c1-3-4-8-17-21-18(25-22-17)13-20-16-7-5-6-15(14(16)2)19(24)23-9-11-26-12-10-23/h5-7,20H,3-4,8-13H2,1-2H3. The van der Waals surface area contributed by atoms with E-state index in [4.69, 9.17) is 4.52 Å². The minimum atomic E-state index is 0.117. The number of carbonyl (C=O) groups is 1. The Bertz CT molecular complexity index is 741. The van der Waals surface area contributed by atoms with Crippen LogP contribution in [-0.4, -0.2) is 45.5 Å². The van der Waals surface area contributed by atoms with Gasteiger partial charge in [0.25, 0.3) is 5.91 Å². The van der Waals surface area contributed by atoms with Gasteiger partial charge in [-0.15, -0.1) is 0 Å². The Morgan fingerprint density at radius 3 is 2.92 bits per heavy atom. The van der Waals surface area contributed by atoms with Gasteiger partial charge in [-0.1, -0.05) is 24.6 Å². The van der Waals surface area contributed by atoms with Crippen LogP contribution in [0.4, 0.5) is 5.69 Å². The van der Waals surface area contributed by atoms with Crippen LogP contribution in [0, 0.1) is 6.92 Å². The minimum Gasteiger partial charge on any atom is -0.376 e. The highest BCUT2D eigenvalue weighted by atomic mass is 32.2. The van der Waals surface area contributed by atoms with E-state index < -0.39 is 0 Å². The molecule has 3 rings (SSSR count). The number of benzene rings is 1. The maximum absolute atomic E-state index is 12.8. The van der Waals surface area contributed by atoms with Crippen molar-refractivity contribution in [1.29, 1.82) is 0 Å². The average molecular weight is 375 g/mol. The molecule has 1 aromatic carbocycles. The molecule has 26 heavy (non-hydrogen) atoms. The van der Waals surface area contributed by atoms with E-state index in [-0.39, 0.29) is 5.91 Å². The second-order valence-corrected chi connectivity index (χ2v) is 7.67. The van der Waals surface area contributed by atoms with Crippen molar-refractivity contribution in [3.05, 3.63) is 41.0 Å². The number of thioether (sulfide) groups is 1. The highest BCUT2D eigenvalue weighted by Crippen LogP contribution is 2.22. The molecule has 0 saturated carbocycles. The van der Waals surface area contributed by atoms with E-state index >= 15 is 0 Å². The molecule has 140 valence electrons. The maximum atomic E-state index is 12.8. The molecule has 2 heterocycles. The van der Waals surface area contributed by atoms with E-state index in [2.05, 4.69) is 22.4 Å². The molecule has 0 atom stereocenters. The number of carbonyl (C=O) groups excluding carboxylic acids is 1. The number of unbranched alkanes of at least 4 members (excludes halogenated alkanes) is 1. The molecule has 0 spiro atoms. The summed E-state index contributed by atoms with van der Waals surface area (Å²) in [5, 5.41) is 7.33. The summed E-state index contributed by atoms with van der Waals surface area (Å²) in [5.74, 6) is 3.47. The van der Waals surface area contributed by atoms with Crippen molar-refractivity contribution in [2.75, 3.05) is 29.9 Å². The summed E-state index contributed by atoms with van der Waals surface area (Å²) in [4.78, 5) is 19.1. The molecule has 1 aliphatic rings. The normalized spacial score (nSPS) is 14.5. The molecule has 1 saturated heterocycles. The van der Waals surface area contributed by atoms with Crippen molar-refractivity contribution in [3.8, 4) is 0 Å². The second kappa shape index (κ2) is 9.07. The van der Waals surface area contributed by atoms with Gasteiger partial charge < -0.3 is 14.7 Å². The Balaban J connectivity index is 1.65. The first-order chi connectivity index (χ1) is 12.7. The van der Waals surface area contributed by atoms with E-state index in [0.29, 0.717) is 12.4 Å².